The number of rotatable bonds is 5. The maximum absolute atomic E-state index is 10.2. The third-order valence-corrected chi connectivity index (χ3v) is 2.82. The normalized spacial score (nSPS) is 23.4. The molecule has 0 aliphatic carbocycles. The molecule has 1 saturated heterocycles. The minimum absolute atomic E-state index is 0.608. The predicted octanol–water partition coefficient (Wildman–Crippen LogP) is 0.701. The molecule has 15 heavy (non-hydrogen) atoms. The Kier molecular flexibility index (Phi) is 5.36. The molecule has 1 fully saturated rings. The van der Waals surface area contributed by atoms with E-state index in [0.717, 1.165) is 6.54 Å². The molecule has 0 radical (unpaired) electrons. The summed E-state index contributed by atoms with van der Waals surface area (Å²) in [4.78, 5) is 12.6. The summed E-state index contributed by atoms with van der Waals surface area (Å²) in [6.07, 6.45) is 6.67. The van der Waals surface area contributed by atoms with Crippen molar-refractivity contribution in [1.29, 1.82) is 0 Å². The van der Waals surface area contributed by atoms with Crippen LogP contribution in [0.15, 0.2) is 12.2 Å². The second kappa shape index (κ2) is 6.58. The van der Waals surface area contributed by atoms with Gasteiger partial charge in [0.25, 0.3) is 0 Å². The van der Waals surface area contributed by atoms with Crippen molar-refractivity contribution in [3.05, 3.63) is 12.2 Å². The zero-order valence-electron chi connectivity index (χ0n) is 9.28. The minimum atomic E-state index is -0.883. The van der Waals surface area contributed by atoms with Crippen molar-refractivity contribution in [3.8, 4) is 0 Å². The van der Waals surface area contributed by atoms with E-state index in [0.29, 0.717) is 12.6 Å². The summed E-state index contributed by atoms with van der Waals surface area (Å²) >= 11 is 0. The summed E-state index contributed by atoms with van der Waals surface area (Å²) in [5.41, 5.74) is 0. The largest absolute Gasteiger partial charge is 0.478 e. The van der Waals surface area contributed by atoms with Gasteiger partial charge in [-0.2, -0.15) is 0 Å². The minimum Gasteiger partial charge on any atom is -0.478 e. The van der Waals surface area contributed by atoms with E-state index in [1.54, 1.807) is 6.08 Å². The Morgan fingerprint density at radius 3 is 3.07 bits per heavy atom. The Morgan fingerprint density at radius 2 is 2.40 bits per heavy atom. The Morgan fingerprint density at radius 1 is 1.60 bits per heavy atom. The SMILES string of the molecule is CN1CCCCC1CNC/C=C/C(=O)O. The van der Waals surface area contributed by atoms with Gasteiger partial charge in [0.15, 0.2) is 0 Å². The van der Waals surface area contributed by atoms with E-state index in [1.165, 1.54) is 31.9 Å². The van der Waals surface area contributed by atoms with Crippen LogP contribution in [-0.2, 0) is 4.79 Å². The average Bonchev–Trinajstić information content (AvgIpc) is 2.20. The molecule has 0 aromatic carbocycles. The van der Waals surface area contributed by atoms with E-state index in [9.17, 15) is 4.79 Å². The summed E-state index contributed by atoms with van der Waals surface area (Å²) in [5.74, 6) is -0.883. The number of likely N-dealkylation sites (tertiary alicyclic amines) is 1. The Bertz CT molecular complexity index is 229. The lowest BCUT2D eigenvalue weighted by Crippen LogP contribution is -2.43. The third kappa shape index (κ3) is 4.95. The van der Waals surface area contributed by atoms with Gasteiger partial charge < -0.3 is 15.3 Å². The molecule has 1 aliphatic rings. The maximum Gasteiger partial charge on any atom is 0.328 e. The molecule has 1 unspecified atom stereocenters. The molecule has 2 N–H and O–H groups in total. The first-order valence-electron chi connectivity index (χ1n) is 5.50. The van der Waals surface area contributed by atoms with E-state index in [1.807, 2.05) is 0 Å². The number of aliphatic carboxylic acids is 1. The molecule has 4 nitrogen and oxygen atoms in total. The fourth-order valence-electron chi connectivity index (χ4n) is 1.90. The Labute approximate surface area is 91.0 Å². The number of piperidine rings is 1. The lowest BCUT2D eigenvalue weighted by atomic mass is 10.0. The van der Waals surface area contributed by atoms with Crippen LogP contribution in [0.4, 0.5) is 0 Å². The monoisotopic (exact) mass is 212 g/mol. The summed E-state index contributed by atoms with van der Waals surface area (Å²) < 4.78 is 0. The molecular formula is C11H20N2O2. The first-order chi connectivity index (χ1) is 7.20. The van der Waals surface area contributed by atoms with Crippen LogP contribution in [0.1, 0.15) is 19.3 Å². The van der Waals surface area contributed by atoms with E-state index < -0.39 is 5.97 Å². The standard InChI is InChI=1S/C11H20N2O2/c1-13-8-3-2-5-10(13)9-12-7-4-6-11(14)15/h4,6,10,12H,2-3,5,7-9H2,1H3,(H,14,15)/b6-4+. The van der Waals surface area contributed by atoms with E-state index in [-0.39, 0.29) is 0 Å². The topological polar surface area (TPSA) is 52.6 Å². The number of carbonyl (C=O) groups is 1. The number of nitrogens with one attached hydrogen (secondary N) is 1. The van der Waals surface area contributed by atoms with Gasteiger partial charge >= 0.3 is 5.97 Å². The van der Waals surface area contributed by atoms with Crippen molar-refractivity contribution in [2.45, 2.75) is 25.3 Å². The van der Waals surface area contributed by atoms with Crippen LogP contribution in [0, 0.1) is 0 Å². The van der Waals surface area contributed by atoms with Crippen molar-refractivity contribution in [1.82, 2.24) is 10.2 Å². The Balaban J connectivity index is 2.11. The second-order valence-corrected chi connectivity index (χ2v) is 4.03. The van der Waals surface area contributed by atoms with Crippen LogP contribution in [-0.4, -0.2) is 48.7 Å². The van der Waals surface area contributed by atoms with Gasteiger partial charge in [0, 0.05) is 25.2 Å². The molecule has 1 aliphatic heterocycles. The highest BCUT2D eigenvalue weighted by Gasteiger charge is 2.17. The number of hydrogen-bond donors (Lipinski definition) is 2. The third-order valence-electron chi connectivity index (χ3n) is 2.82. The predicted molar refractivity (Wildman–Crippen MR) is 59.9 cm³/mol. The number of carboxylic acid groups (broad SMARTS) is 1. The van der Waals surface area contributed by atoms with Gasteiger partial charge in [-0.15, -0.1) is 0 Å². The lowest BCUT2D eigenvalue weighted by Gasteiger charge is -2.32. The van der Waals surface area contributed by atoms with Crippen molar-refractivity contribution in [2.24, 2.45) is 0 Å². The summed E-state index contributed by atoms with van der Waals surface area (Å²) in [5, 5.41) is 11.6. The fraction of sp³-hybridized carbons (Fsp3) is 0.727. The smallest absolute Gasteiger partial charge is 0.328 e. The molecule has 0 bridgehead atoms. The summed E-state index contributed by atoms with van der Waals surface area (Å²) in [6.45, 7) is 2.76. The molecule has 0 aromatic rings. The molecule has 0 saturated carbocycles. The number of likely N-dealkylation sites (N-methyl/N-ethyl adjacent to an activating group) is 1. The number of hydrogen-bond acceptors (Lipinski definition) is 3. The molecule has 86 valence electrons. The highest BCUT2D eigenvalue weighted by molar-refractivity contribution is 5.79. The van der Waals surface area contributed by atoms with Gasteiger partial charge in [-0.1, -0.05) is 12.5 Å². The maximum atomic E-state index is 10.2. The van der Waals surface area contributed by atoms with Crippen molar-refractivity contribution >= 4 is 5.97 Å². The van der Waals surface area contributed by atoms with Gasteiger partial charge in [0.2, 0.25) is 0 Å². The number of nitrogens with zero attached hydrogens (tertiary/aromatic N) is 1. The van der Waals surface area contributed by atoms with Gasteiger partial charge in [-0.3, -0.25) is 0 Å². The fourth-order valence-corrected chi connectivity index (χ4v) is 1.90. The van der Waals surface area contributed by atoms with E-state index in [4.69, 9.17) is 5.11 Å². The summed E-state index contributed by atoms with van der Waals surface area (Å²) in [7, 11) is 2.15. The molecule has 0 aromatic heterocycles. The van der Waals surface area contributed by atoms with E-state index >= 15 is 0 Å². The van der Waals surface area contributed by atoms with Crippen molar-refractivity contribution < 1.29 is 9.90 Å². The first-order valence-corrected chi connectivity index (χ1v) is 5.50. The van der Waals surface area contributed by atoms with Crippen LogP contribution >= 0.6 is 0 Å². The van der Waals surface area contributed by atoms with Gasteiger partial charge in [-0.05, 0) is 26.4 Å². The highest BCUT2D eigenvalue weighted by atomic mass is 16.4. The lowest BCUT2D eigenvalue weighted by molar-refractivity contribution is -0.131. The zero-order chi connectivity index (χ0) is 11.1. The van der Waals surface area contributed by atoms with Gasteiger partial charge in [0.05, 0.1) is 0 Å². The first kappa shape index (κ1) is 12.2. The van der Waals surface area contributed by atoms with Crippen molar-refractivity contribution in [2.75, 3.05) is 26.7 Å². The Hall–Kier alpha value is -0.870. The van der Waals surface area contributed by atoms with Gasteiger partial charge in [-0.25, -0.2) is 4.79 Å². The van der Waals surface area contributed by atoms with Crippen molar-refractivity contribution in [3.63, 3.8) is 0 Å². The molecule has 1 rings (SSSR count). The molecule has 0 spiro atoms. The summed E-state index contributed by atoms with van der Waals surface area (Å²) in [6, 6.07) is 0.608. The number of carboxylic acids is 1. The van der Waals surface area contributed by atoms with Crippen LogP contribution in [0.25, 0.3) is 0 Å². The van der Waals surface area contributed by atoms with E-state index in [2.05, 4.69) is 17.3 Å². The molecule has 1 heterocycles. The molecule has 0 amide bonds. The second-order valence-electron chi connectivity index (χ2n) is 4.03. The van der Waals surface area contributed by atoms with Crippen LogP contribution in [0.5, 0.6) is 0 Å². The van der Waals surface area contributed by atoms with Crippen LogP contribution in [0.2, 0.25) is 0 Å². The molecular weight excluding hydrogens is 192 g/mol. The average molecular weight is 212 g/mol. The quantitative estimate of drug-likeness (QED) is 0.520. The van der Waals surface area contributed by atoms with Crippen LogP contribution in [0.3, 0.4) is 0 Å². The van der Waals surface area contributed by atoms with Crippen LogP contribution < -0.4 is 5.32 Å². The highest BCUT2D eigenvalue weighted by Crippen LogP contribution is 2.13. The zero-order valence-corrected chi connectivity index (χ0v) is 9.28. The van der Waals surface area contributed by atoms with Gasteiger partial charge in [0.1, 0.15) is 0 Å². The molecule has 1 atom stereocenters. The molecule has 4 heteroatoms.